The zero-order valence-electron chi connectivity index (χ0n) is 5.49. The maximum Gasteiger partial charge on any atom is 0.491 e. The first-order chi connectivity index (χ1) is 5.55. The van der Waals surface area contributed by atoms with Crippen LogP contribution in [-0.4, -0.2) is 21.9 Å². The quantitative estimate of drug-likeness (QED) is 0.379. The van der Waals surface area contributed by atoms with E-state index in [0.29, 0.717) is 0 Å². The zero-order chi connectivity index (χ0) is 10.9. The molecule has 0 bridgehead atoms. The Morgan fingerprint density at radius 3 is 1.62 bits per heavy atom. The fourth-order valence-corrected chi connectivity index (χ4v) is 0.316. The summed E-state index contributed by atoms with van der Waals surface area (Å²) in [6.45, 7) is 0. The molecule has 0 rings (SSSR count). The van der Waals surface area contributed by atoms with Gasteiger partial charge in [0.05, 0.1) is 0 Å². The van der Waals surface area contributed by atoms with E-state index in [1.54, 1.807) is 0 Å². The van der Waals surface area contributed by atoms with E-state index in [1.165, 1.54) is 0 Å². The number of rotatable bonds is 0. The second-order valence-electron chi connectivity index (χ2n) is 1.67. The standard InChI is InChI=1S/C4Cl3F3O3/c5-3(6,7)1(11)13-2(12)4(8,9)10. The SMILES string of the molecule is O=C(OC(=O)C(Cl)(Cl)Cl)C(F)(F)F. The van der Waals surface area contributed by atoms with Gasteiger partial charge in [-0.15, -0.1) is 0 Å². The van der Waals surface area contributed by atoms with Crippen LogP contribution in [0.1, 0.15) is 0 Å². The number of hydrogen-bond acceptors (Lipinski definition) is 3. The third kappa shape index (κ3) is 4.54. The number of carbonyl (C=O) groups is 2. The van der Waals surface area contributed by atoms with Crippen molar-refractivity contribution >= 4 is 46.7 Å². The third-order valence-electron chi connectivity index (χ3n) is 0.648. The minimum Gasteiger partial charge on any atom is -0.383 e. The molecule has 0 atom stereocenters. The van der Waals surface area contributed by atoms with Crippen molar-refractivity contribution in [2.45, 2.75) is 9.97 Å². The van der Waals surface area contributed by atoms with Crippen molar-refractivity contribution < 1.29 is 27.5 Å². The van der Waals surface area contributed by atoms with Crippen molar-refractivity contribution in [3.8, 4) is 0 Å². The van der Waals surface area contributed by atoms with Crippen molar-refractivity contribution in [2.24, 2.45) is 0 Å². The van der Waals surface area contributed by atoms with Crippen molar-refractivity contribution in [3.63, 3.8) is 0 Å². The molecule has 0 unspecified atom stereocenters. The first kappa shape index (κ1) is 12.8. The molecule has 0 N–H and O–H groups in total. The highest BCUT2D eigenvalue weighted by molar-refractivity contribution is 6.75. The van der Waals surface area contributed by atoms with Crippen LogP contribution in [0.25, 0.3) is 0 Å². The highest BCUT2D eigenvalue weighted by atomic mass is 35.6. The van der Waals surface area contributed by atoms with Crippen molar-refractivity contribution in [2.75, 3.05) is 0 Å². The lowest BCUT2D eigenvalue weighted by molar-refractivity contribution is -0.201. The molecule has 0 aliphatic carbocycles. The Morgan fingerprint density at radius 1 is 1.00 bits per heavy atom. The summed E-state index contributed by atoms with van der Waals surface area (Å²) in [7, 11) is 0. The largest absolute Gasteiger partial charge is 0.491 e. The van der Waals surface area contributed by atoms with Crippen LogP contribution in [0.15, 0.2) is 0 Å². The van der Waals surface area contributed by atoms with Gasteiger partial charge in [-0.25, -0.2) is 9.59 Å². The van der Waals surface area contributed by atoms with Crippen molar-refractivity contribution in [3.05, 3.63) is 0 Å². The average Bonchev–Trinajstić information content (AvgIpc) is 1.82. The number of halogens is 6. The minimum atomic E-state index is -5.30. The molecule has 0 aliphatic rings. The molecule has 0 amide bonds. The van der Waals surface area contributed by atoms with E-state index in [-0.39, 0.29) is 0 Å². The molecule has 0 heterocycles. The minimum absolute atomic E-state index is 1.90. The van der Waals surface area contributed by atoms with E-state index in [4.69, 9.17) is 34.8 Å². The summed E-state index contributed by atoms with van der Waals surface area (Å²) in [5, 5.41) is 0. The van der Waals surface area contributed by atoms with E-state index in [1.807, 2.05) is 0 Å². The van der Waals surface area contributed by atoms with Gasteiger partial charge in [0.2, 0.25) is 0 Å². The van der Waals surface area contributed by atoms with E-state index < -0.39 is 21.9 Å². The van der Waals surface area contributed by atoms with Gasteiger partial charge in [-0.2, -0.15) is 13.2 Å². The summed E-state index contributed by atoms with van der Waals surface area (Å²) in [6.07, 6.45) is -5.30. The van der Waals surface area contributed by atoms with Gasteiger partial charge < -0.3 is 4.74 Å². The third-order valence-corrected chi connectivity index (χ3v) is 1.11. The zero-order valence-corrected chi connectivity index (χ0v) is 7.76. The Hall–Kier alpha value is -0.200. The topological polar surface area (TPSA) is 43.4 Å². The summed E-state index contributed by atoms with van der Waals surface area (Å²) < 4.78 is 34.8. The van der Waals surface area contributed by atoms with Crippen LogP contribution in [0.5, 0.6) is 0 Å². The maximum absolute atomic E-state index is 11.4. The summed E-state index contributed by atoms with van der Waals surface area (Å²) >= 11 is 14.4. The van der Waals surface area contributed by atoms with Crippen molar-refractivity contribution in [1.82, 2.24) is 0 Å². The molecule has 0 aromatic carbocycles. The smallest absolute Gasteiger partial charge is 0.383 e. The van der Waals surface area contributed by atoms with Gasteiger partial charge in [-0.05, 0) is 0 Å². The fourth-order valence-electron chi connectivity index (χ4n) is 0.200. The van der Waals surface area contributed by atoms with Gasteiger partial charge in [0, 0.05) is 0 Å². The highest BCUT2D eigenvalue weighted by Crippen LogP contribution is 2.28. The first-order valence-electron chi connectivity index (χ1n) is 2.45. The molecule has 0 aliphatic heterocycles. The molecule has 0 spiro atoms. The van der Waals surface area contributed by atoms with Gasteiger partial charge in [-0.3, -0.25) is 0 Å². The average molecular weight is 259 g/mol. The van der Waals surface area contributed by atoms with Crippen LogP contribution in [-0.2, 0) is 14.3 Å². The molecule has 3 nitrogen and oxygen atoms in total. The molecule has 0 aromatic rings. The Labute approximate surface area is 84.7 Å². The number of esters is 2. The second-order valence-corrected chi connectivity index (χ2v) is 3.95. The number of hydrogen-bond donors (Lipinski definition) is 0. The van der Waals surface area contributed by atoms with Gasteiger partial charge in [0.1, 0.15) is 0 Å². The van der Waals surface area contributed by atoms with E-state index >= 15 is 0 Å². The lowest BCUT2D eigenvalue weighted by Gasteiger charge is -2.09. The molecule has 9 heteroatoms. The summed E-state index contributed by atoms with van der Waals surface area (Å²) in [5.74, 6) is -4.64. The Kier molecular flexibility index (Phi) is 3.83. The molecule has 0 saturated heterocycles. The molecular formula is C4Cl3F3O3. The second kappa shape index (κ2) is 3.89. The van der Waals surface area contributed by atoms with Crippen LogP contribution in [0.2, 0.25) is 0 Å². The van der Waals surface area contributed by atoms with Gasteiger partial charge >= 0.3 is 18.1 Å². The predicted molar refractivity (Wildman–Crippen MR) is 37.4 cm³/mol. The Morgan fingerprint density at radius 2 is 1.38 bits per heavy atom. The van der Waals surface area contributed by atoms with Gasteiger partial charge in [0.15, 0.2) is 0 Å². The lowest BCUT2D eigenvalue weighted by atomic mass is 10.6. The molecule has 13 heavy (non-hydrogen) atoms. The summed E-state index contributed by atoms with van der Waals surface area (Å²) in [6, 6.07) is 0. The molecule has 76 valence electrons. The molecule has 0 aromatic heterocycles. The molecule has 0 radical (unpaired) electrons. The van der Waals surface area contributed by atoms with Crippen LogP contribution in [0, 0.1) is 0 Å². The normalized spacial score (nSPS) is 12.5. The monoisotopic (exact) mass is 258 g/mol. The van der Waals surface area contributed by atoms with Crippen LogP contribution >= 0.6 is 34.8 Å². The number of alkyl halides is 6. The fraction of sp³-hybridized carbons (Fsp3) is 0.500. The highest BCUT2D eigenvalue weighted by Gasteiger charge is 2.45. The first-order valence-corrected chi connectivity index (χ1v) is 3.58. The lowest BCUT2D eigenvalue weighted by Crippen LogP contribution is -2.32. The predicted octanol–water partition coefficient (Wildman–Crippen LogP) is 1.99. The van der Waals surface area contributed by atoms with Gasteiger partial charge in [0.25, 0.3) is 3.79 Å². The summed E-state index contributed by atoms with van der Waals surface area (Å²) in [4.78, 5) is 20.4. The Balaban J connectivity index is 4.34. The van der Waals surface area contributed by atoms with E-state index in [9.17, 15) is 22.8 Å². The van der Waals surface area contributed by atoms with Crippen LogP contribution < -0.4 is 0 Å². The molecular weight excluding hydrogens is 259 g/mol. The molecule has 0 saturated carbocycles. The van der Waals surface area contributed by atoms with Gasteiger partial charge in [-0.1, -0.05) is 34.8 Å². The van der Waals surface area contributed by atoms with Crippen LogP contribution in [0.3, 0.4) is 0 Å². The number of carbonyl (C=O) groups excluding carboxylic acids is 2. The summed E-state index contributed by atoms with van der Waals surface area (Å²) in [5.41, 5.74) is 0. The van der Waals surface area contributed by atoms with E-state index in [0.717, 1.165) is 0 Å². The van der Waals surface area contributed by atoms with Crippen LogP contribution in [0.4, 0.5) is 13.2 Å². The van der Waals surface area contributed by atoms with E-state index in [2.05, 4.69) is 4.74 Å². The maximum atomic E-state index is 11.4. The van der Waals surface area contributed by atoms with Crippen molar-refractivity contribution in [1.29, 1.82) is 0 Å². The number of ether oxygens (including phenoxy) is 1. The molecule has 0 fully saturated rings. The Bertz CT molecular complexity index is 207.